The highest BCUT2D eigenvalue weighted by molar-refractivity contribution is 7.45. The van der Waals surface area contributed by atoms with Gasteiger partial charge in [-0.1, -0.05) is 120 Å². The third-order valence-electron chi connectivity index (χ3n) is 8.96. The summed E-state index contributed by atoms with van der Waals surface area (Å²) >= 11 is 0. The minimum atomic E-state index is -4.57. The molecule has 0 aromatic heterocycles. The fraction of sp³-hybridized carbons (Fsp3) is 0.717. The molecule has 9 nitrogen and oxygen atoms in total. The van der Waals surface area contributed by atoms with Crippen molar-refractivity contribution in [1.82, 2.24) is 0 Å². The number of likely N-dealkylation sites (N-methyl/N-ethyl adjacent to an activating group) is 1. The molecule has 0 rings (SSSR count). The number of carbonyl (C=O) groups excluding carboxylic acids is 1. The fourth-order valence-corrected chi connectivity index (χ4v) is 6.09. The van der Waals surface area contributed by atoms with Crippen LogP contribution in [0.1, 0.15) is 155 Å². The van der Waals surface area contributed by atoms with Gasteiger partial charge in [-0.05, 0) is 96.0 Å². The molecule has 0 aromatic rings. The molecular weight excluding hydrogens is 725 g/mol. The second-order valence-corrected chi connectivity index (χ2v) is 17.0. The van der Waals surface area contributed by atoms with Gasteiger partial charge in [0.15, 0.2) is 6.10 Å². The number of esters is 1. The van der Waals surface area contributed by atoms with Crippen LogP contribution < -0.4 is 4.89 Å². The summed E-state index contributed by atoms with van der Waals surface area (Å²) in [4.78, 5) is 25.0. The zero-order valence-corrected chi connectivity index (χ0v) is 37.1. The summed E-state index contributed by atoms with van der Waals surface area (Å²) in [5, 5.41) is 9.57. The highest BCUT2D eigenvalue weighted by Crippen LogP contribution is 2.38. The van der Waals surface area contributed by atoms with E-state index < -0.39 is 19.9 Å². The van der Waals surface area contributed by atoms with Gasteiger partial charge in [0.05, 0.1) is 40.1 Å². The lowest BCUT2D eigenvalue weighted by Crippen LogP contribution is -2.37. The van der Waals surface area contributed by atoms with Crippen LogP contribution >= 0.6 is 7.82 Å². The summed E-state index contributed by atoms with van der Waals surface area (Å²) in [7, 11) is 1.25. The Kier molecular flexibility index (Phi) is 36.7. The molecule has 0 saturated carbocycles. The topological polar surface area (TPSA) is 114 Å². The maximum absolute atomic E-state index is 12.6. The van der Waals surface area contributed by atoms with Crippen molar-refractivity contribution in [3.8, 4) is 0 Å². The van der Waals surface area contributed by atoms with Crippen molar-refractivity contribution in [3.63, 3.8) is 0 Å². The summed E-state index contributed by atoms with van der Waals surface area (Å²) in [5.41, 5.74) is 0. The molecule has 0 radical (unpaired) electrons. The number of hydrogen-bond acceptors (Lipinski definition) is 8. The van der Waals surface area contributed by atoms with Crippen molar-refractivity contribution in [2.45, 2.75) is 167 Å². The molecule has 0 aliphatic rings. The van der Waals surface area contributed by atoms with Crippen molar-refractivity contribution in [1.29, 1.82) is 0 Å². The van der Waals surface area contributed by atoms with Crippen LogP contribution in [0.25, 0.3) is 0 Å². The minimum absolute atomic E-state index is 0.00499. The van der Waals surface area contributed by atoms with Crippen LogP contribution in [0.5, 0.6) is 0 Å². The van der Waals surface area contributed by atoms with E-state index in [1.54, 1.807) is 6.26 Å². The van der Waals surface area contributed by atoms with Crippen molar-refractivity contribution in [2.75, 3.05) is 47.5 Å². The molecular formula is C46H82NO8P. The zero-order chi connectivity index (χ0) is 41.4. The maximum Gasteiger partial charge on any atom is 0.306 e. The van der Waals surface area contributed by atoms with Gasteiger partial charge in [0.1, 0.15) is 19.8 Å². The predicted molar refractivity (Wildman–Crippen MR) is 232 cm³/mol. The molecule has 0 spiro atoms. The molecule has 56 heavy (non-hydrogen) atoms. The standard InChI is InChI=1S/C46H82NO8P/c1-6-8-9-10-11-12-13-14-15-18-21-24-27-30-33-36-40-52-42-45(43-54-56(50,51)53-41-39-47(3,4)5)55-46(49)38-35-32-29-26-23-20-17-16-19-22-25-28-31-34-37-44(48)7-2/h14-15,17,19-20,22,26,28-29,31,36,40,44-45,48H,6-13,16,18,21,23-25,27,30,32-35,37-39,41-43H2,1-5H3/b15-14-,20-17-,22-19-,29-26-,31-28-,40-36+/t44-,45-/m1/s1. The quantitative estimate of drug-likeness (QED) is 0.0163. The molecule has 0 saturated heterocycles. The Morgan fingerprint density at radius 2 is 1.16 bits per heavy atom. The average molecular weight is 808 g/mol. The van der Waals surface area contributed by atoms with Crippen LogP contribution in [0.2, 0.25) is 0 Å². The first-order valence-corrected chi connectivity index (χ1v) is 23.2. The van der Waals surface area contributed by atoms with E-state index in [1.807, 2.05) is 34.1 Å². The Morgan fingerprint density at radius 1 is 0.661 bits per heavy atom. The Morgan fingerprint density at radius 3 is 1.73 bits per heavy atom. The Labute approximate surface area is 343 Å². The number of phosphoric ester groups is 1. The number of rotatable bonds is 39. The van der Waals surface area contributed by atoms with Gasteiger partial charge in [0.2, 0.25) is 0 Å². The molecule has 0 bridgehead atoms. The molecule has 1 unspecified atom stereocenters. The first-order chi connectivity index (χ1) is 27.0. The lowest BCUT2D eigenvalue weighted by atomic mass is 10.1. The van der Waals surface area contributed by atoms with Crippen molar-refractivity contribution < 1.29 is 42.4 Å². The van der Waals surface area contributed by atoms with Crippen molar-refractivity contribution >= 4 is 13.8 Å². The van der Waals surface area contributed by atoms with Gasteiger partial charge in [-0.2, -0.15) is 0 Å². The number of ether oxygens (including phenoxy) is 2. The lowest BCUT2D eigenvalue weighted by Gasteiger charge is -2.28. The van der Waals surface area contributed by atoms with Gasteiger partial charge >= 0.3 is 5.97 Å². The van der Waals surface area contributed by atoms with E-state index in [1.165, 1.54) is 57.8 Å². The third kappa shape index (κ3) is 41.4. The summed E-state index contributed by atoms with van der Waals surface area (Å²) < 4.78 is 34.2. The number of nitrogens with zero attached hydrogens (tertiary/aromatic N) is 1. The van der Waals surface area contributed by atoms with Crippen LogP contribution in [0, 0.1) is 0 Å². The molecule has 10 heteroatoms. The summed E-state index contributed by atoms with van der Waals surface area (Å²) in [5.74, 6) is -0.427. The van der Waals surface area contributed by atoms with Crippen molar-refractivity contribution in [2.24, 2.45) is 0 Å². The minimum Gasteiger partial charge on any atom is -0.756 e. The number of quaternary nitrogens is 1. The lowest BCUT2D eigenvalue weighted by molar-refractivity contribution is -0.870. The average Bonchev–Trinajstić information content (AvgIpc) is 3.15. The zero-order valence-electron chi connectivity index (χ0n) is 36.2. The third-order valence-corrected chi connectivity index (χ3v) is 9.92. The number of allylic oxidation sites excluding steroid dienone is 11. The fourth-order valence-electron chi connectivity index (χ4n) is 5.36. The van der Waals surface area contributed by atoms with E-state index in [0.717, 1.165) is 70.6 Å². The van der Waals surface area contributed by atoms with E-state index >= 15 is 0 Å². The van der Waals surface area contributed by atoms with Crippen LogP contribution in [0.3, 0.4) is 0 Å². The molecule has 0 aromatic carbocycles. The molecule has 3 atom stereocenters. The number of aliphatic hydroxyl groups is 1. The van der Waals surface area contributed by atoms with Crippen LogP contribution in [0.15, 0.2) is 73.1 Å². The van der Waals surface area contributed by atoms with Gasteiger partial charge in [0, 0.05) is 6.42 Å². The van der Waals surface area contributed by atoms with E-state index in [2.05, 4.69) is 67.7 Å². The largest absolute Gasteiger partial charge is 0.756 e. The second kappa shape index (κ2) is 38.3. The van der Waals surface area contributed by atoms with E-state index in [0.29, 0.717) is 17.4 Å². The van der Waals surface area contributed by atoms with E-state index in [9.17, 15) is 19.4 Å². The molecule has 0 amide bonds. The summed E-state index contributed by atoms with van der Waals surface area (Å²) in [6.45, 7) is 4.34. The van der Waals surface area contributed by atoms with Gasteiger partial charge in [-0.15, -0.1) is 0 Å². The molecule has 0 heterocycles. The number of phosphoric acid groups is 1. The monoisotopic (exact) mass is 808 g/mol. The SMILES string of the molecule is CCCCCCCC/C=C\CCCCCC/C=C/OC[C@H](COP(=O)([O-])OCC[N+](C)(C)C)OC(=O)CCC/C=C\C/C=C\C/C=C\C/C=C\CC[C@H](O)CC. The normalized spacial score (nSPS) is 15.0. The molecule has 1 N–H and O–H groups in total. The Balaban J connectivity index is 4.44. The van der Waals surface area contributed by atoms with Crippen LogP contribution in [-0.2, 0) is 27.9 Å². The predicted octanol–water partition coefficient (Wildman–Crippen LogP) is 11.4. The second-order valence-electron chi connectivity index (χ2n) is 15.6. The maximum atomic E-state index is 12.6. The highest BCUT2D eigenvalue weighted by atomic mass is 31.2. The van der Waals surface area contributed by atoms with Crippen LogP contribution in [-0.4, -0.2) is 75.3 Å². The van der Waals surface area contributed by atoms with Gasteiger partial charge < -0.3 is 33.0 Å². The molecule has 0 fully saturated rings. The summed E-state index contributed by atoms with van der Waals surface area (Å²) in [6, 6.07) is 0. The Hall–Kier alpha value is -2.26. The molecule has 0 aliphatic carbocycles. The molecule has 0 aliphatic heterocycles. The van der Waals surface area contributed by atoms with Gasteiger partial charge in [-0.3, -0.25) is 9.36 Å². The van der Waals surface area contributed by atoms with Gasteiger partial charge in [0.25, 0.3) is 7.82 Å². The summed E-state index contributed by atoms with van der Waals surface area (Å²) in [6.07, 6.45) is 46.7. The van der Waals surface area contributed by atoms with Crippen LogP contribution in [0.4, 0.5) is 0 Å². The first-order valence-electron chi connectivity index (χ1n) is 21.8. The number of hydrogen-bond donors (Lipinski definition) is 1. The van der Waals surface area contributed by atoms with E-state index in [4.69, 9.17) is 18.5 Å². The van der Waals surface area contributed by atoms with E-state index in [-0.39, 0.29) is 32.3 Å². The van der Waals surface area contributed by atoms with Crippen molar-refractivity contribution in [3.05, 3.63) is 73.1 Å². The number of aliphatic hydroxyl groups excluding tert-OH is 1. The smallest absolute Gasteiger partial charge is 0.306 e. The first kappa shape index (κ1) is 53.7. The highest BCUT2D eigenvalue weighted by Gasteiger charge is 2.20. The molecule has 324 valence electrons. The number of unbranched alkanes of at least 4 members (excludes halogenated alkanes) is 12. The van der Waals surface area contributed by atoms with Gasteiger partial charge in [-0.25, -0.2) is 0 Å². The number of carbonyl (C=O) groups is 1. The Bertz CT molecular complexity index is 1140.